The summed E-state index contributed by atoms with van der Waals surface area (Å²) in [5.41, 5.74) is 0.304. The third kappa shape index (κ3) is 4.84. The summed E-state index contributed by atoms with van der Waals surface area (Å²) < 4.78 is 13.4. The lowest BCUT2D eigenvalue weighted by atomic mass is 10.1. The highest BCUT2D eigenvalue weighted by Crippen LogP contribution is 2.06. The predicted molar refractivity (Wildman–Crippen MR) is 70.6 cm³/mol. The molecule has 18 heavy (non-hydrogen) atoms. The second-order valence-corrected chi connectivity index (χ2v) is 5.43. The van der Waals surface area contributed by atoms with Crippen LogP contribution in [0.5, 0.6) is 0 Å². The van der Waals surface area contributed by atoms with Gasteiger partial charge in [0.15, 0.2) is 0 Å². The van der Waals surface area contributed by atoms with Gasteiger partial charge in [-0.25, -0.2) is 4.39 Å². The Hall–Kier alpha value is -1.42. The maximum atomic E-state index is 13.4. The highest BCUT2D eigenvalue weighted by molar-refractivity contribution is 5.81. The average Bonchev–Trinajstić information content (AvgIpc) is 2.25. The minimum absolute atomic E-state index is 0.0844. The molecule has 1 rings (SSSR count). The van der Waals surface area contributed by atoms with Crippen LogP contribution in [0.1, 0.15) is 33.3 Å². The van der Waals surface area contributed by atoms with Crippen molar-refractivity contribution in [2.45, 2.75) is 45.8 Å². The van der Waals surface area contributed by atoms with Crippen LogP contribution in [-0.2, 0) is 11.3 Å². The van der Waals surface area contributed by atoms with Crippen molar-refractivity contribution in [3.63, 3.8) is 0 Å². The summed E-state index contributed by atoms with van der Waals surface area (Å²) >= 11 is 0. The smallest absolute Gasteiger partial charge is 0.237 e. The molecule has 3 nitrogen and oxygen atoms in total. The highest BCUT2D eigenvalue weighted by atomic mass is 19.1. The predicted octanol–water partition coefficient (Wildman–Crippen LogP) is 2.22. The Morgan fingerprint density at radius 1 is 1.33 bits per heavy atom. The molecule has 4 heteroatoms. The molecule has 0 heterocycles. The molecule has 1 aromatic rings. The lowest BCUT2D eigenvalue weighted by Gasteiger charge is -2.23. The number of amides is 1. The van der Waals surface area contributed by atoms with Gasteiger partial charge < -0.3 is 10.6 Å². The van der Waals surface area contributed by atoms with Crippen LogP contribution in [0, 0.1) is 5.82 Å². The van der Waals surface area contributed by atoms with Gasteiger partial charge in [0.2, 0.25) is 5.91 Å². The Bertz CT molecular complexity index is 413. The molecule has 0 aliphatic rings. The van der Waals surface area contributed by atoms with E-state index in [0.29, 0.717) is 12.1 Å². The summed E-state index contributed by atoms with van der Waals surface area (Å²) in [4.78, 5) is 11.8. The number of nitrogens with one attached hydrogen (secondary N) is 2. The molecule has 1 amide bonds. The molecule has 0 aromatic heterocycles. The summed E-state index contributed by atoms with van der Waals surface area (Å²) in [5.74, 6) is -0.340. The van der Waals surface area contributed by atoms with Crippen molar-refractivity contribution in [2.75, 3.05) is 0 Å². The van der Waals surface area contributed by atoms with E-state index in [4.69, 9.17) is 0 Å². The monoisotopic (exact) mass is 252 g/mol. The number of halogens is 1. The number of benzene rings is 1. The zero-order valence-corrected chi connectivity index (χ0v) is 11.4. The topological polar surface area (TPSA) is 41.1 Å². The standard InChI is InChI=1S/C14H21FN2O/c1-10(13(18)17-14(2,3)4)16-9-11-7-5-6-8-12(11)15/h5-8,10,16H,9H2,1-4H3,(H,17,18). The molecule has 0 aliphatic carbocycles. The van der Waals surface area contributed by atoms with Crippen LogP contribution in [0.4, 0.5) is 4.39 Å². The summed E-state index contributed by atoms with van der Waals surface area (Å²) in [6.07, 6.45) is 0. The molecular formula is C14H21FN2O. The summed E-state index contributed by atoms with van der Waals surface area (Å²) in [6.45, 7) is 7.88. The number of hydrogen-bond acceptors (Lipinski definition) is 2. The first kappa shape index (κ1) is 14.6. The van der Waals surface area contributed by atoms with Gasteiger partial charge in [0.05, 0.1) is 6.04 Å². The number of hydrogen-bond donors (Lipinski definition) is 2. The molecule has 2 N–H and O–H groups in total. The first-order chi connectivity index (χ1) is 8.29. The van der Waals surface area contributed by atoms with Gasteiger partial charge in [0, 0.05) is 17.6 Å². The van der Waals surface area contributed by atoms with E-state index in [0.717, 1.165) is 0 Å². The van der Waals surface area contributed by atoms with E-state index < -0.39 is 0 Å². The van der Waals surface area contributed by atoms with Crippen molar-refractivity contribution >= 4 is 5.91 Å². The van der Waals surface area contributed by atoms with Crippen LogP contribution >= 0.6 is 0 Å². The molecule has 100 valence electrons. The molecule has 0 saturated carbocycles. The van der Waals surface area contributed by atoms with Gasteiger partial charge in [-0.05, 0) is 33.8 Å². The lowest BCUT2D eigenvalue weighted by Crippen LogP contribution is -2.49. The molecule has 0 bridgehead atoms. The van der Waals surface area contributed by atoms with Crippen molar-refractivity contribution in [3.05, 3.63) is 35.6 Å². The molecule has 1 atom stereocenters. The third-order valence-corrected chi connectivity index (χ3v) is 2.45. The van der Waals surface area contributed by atoms with Crippen LogP contribution in [0.2, 0.25) is 0 Å². The minimum atomic E-state index is -0.358. The van der Waals surface area contributed by atoms with Gasteiger partial charge in [-0.1, -0.05) is 18.2 Å². The molecule has 0 fully saturated rings. The van der Waals surface area contributed by atoms with Crippen molar-refractivity contribution < 1.29 is 9.18 Å². The van der Waals surface area contributed by atoms with Crippen LogP contribution in [0.3, 0.4) is 0 Å². The van der Waals surface area contributed by atoms with E-state index in [1.165, 1.54) is 6.07 Å². The molecule has 0 aliphatic heterocycles. The number of carbonyl (C=O) groups excluding carboxylic acids is 1. The Balaban J connectivity index is 2.49. The van der Waals surface area contributed by atoms with Gasteiger partial charge in [-0.3, -0.25) is 4.79 Å². The van der Waals surface area contributed by atoms with Gasteiger partial charge in [0.25, 0.3) is 0 Å². The maximum Gasteiger partial charge on any atom is 0.237 e. The summed E-state index contributed by atoms with van der Waals surface area (Å²) in [7, 11) is 0. The fraction of sp³-hybridized carbons (Fsp3) is 0.500. The van der Waals surface area contributed by atoms with Crippen molar-refractivity contribution in [3.8, 4) is 0 Å². The Morgan fingerprint density at radius 3 is 2.50 bits per heavy atom. The SMILES string of the molecule is CC(NCc1ccccc1F)C(=O)NC(C)(C)C. The normalized spacial score (nSPS) is 13.2. The summed E-state index contributed by atoms with van der Waals surface area (Å²) in [6, 6.07) is 6.19. The zero-order chi connectivity index (χ0) is 13.8. The van der Waals surface area contributed by atoms with E-state index in [1.54, 1.807) is 25.1 Å². The Morgan fingerprint density at radius 2 is 1.94 bits per heavy atom. The van der Waals surface area contributed by atoms with E-state index in [9.17, 15) is 9.18 Å². The quantitative estimate of drug-likeness (QED) is 0.862. The number of rotatable bonds is 4. The molecular weight excluding hydrogens is 231 g/mol. The molecule has 0 radical (unpaired) electrons. The fourth-order valence-electron chi connectivity index (χ4n) is 1.48. The Kier molecular flexibility index (Phi) is 4.84. The zero-order valence-electron chi connectivity index (χ0n) is 11.4. The largest absolute Gasteiger partial charge is 0.350 e. The molecule has 1 unspecified atom stereocenters. The van der Waals surface area contributed by atoms with Crippen LogP contribution in [-0.4, -0.2) is 17.5 Å². The number of carbonyl (C=O) groups is 1. The highest BCUT2D eigenvalue weighted by Gasteiger charge is 2.18. The lowest BCUT2D eigenvalue weighted by molar-refractivity contribution is -0.124. The Labute approximate surface area is 108 Å². The fourth-order valence-corrected chi connectivity index (χ4v) is 1.48. The van der Waals surface area contributed by atoms with E-state index in [1.807, 2.05) is 20.8 Å². The second-order valence-electron chi connectivity index (χ2n) is 5.43. The summed E-state index contributed by atoms with van der Waals surface area (Å²) in [5, 5.41) is 5.88. The van der Waals surface area contributed by atoms with E-state index >= 15 is 0 Å². The van der Waals surface area contributed by atoms with E-state index in [2.05, 4.69) is 10.6 Å². The first-order valence-corrected chi connectivity index (χ1v) is 6.08. The van der Waals surface area contributed by atoms with Gasteiger partial charge in [-0.2, -0.15) is 0 Å². The molecule has 1 aromatic carbocycles. The van der Waals surface area contributed by atoms with Crippen LogP contribution < -0.4 is 10.6 Å². The second kappa shape index (κ2) is 5.96. The van der Waals surface area contributed by atoms with Crippen molar-refractivity contribution in [1.82, 2.24) is 10.6 Å². The minimum Gasteiger partial charge on any atom is -0.350 e. The van der Waals surface area contributed by atoms with Crippen molar-refractivity contribution in [1.29, 1.82) is 0 Å². The molecule has 0 saturated heterocycles. The maximum absolute atomic E-state index is 13.4. The van der Waals surface area contributed by atoms with Gasteiger partial charge >= 0.3 is 0 Å². The molecule has 0 spiro atoms. The average molecular weight is 252 g/mol. The van der Waals surface area contributed by atoms with E-state index in [-0.39, 0.29) is 23.3 Å². The first-order valence-electron chi connectivity index (χ1n) is 6.08. The van der Waals surface area contributed by atoms with Crippen LogP contribution in [0.15, 0.2) is 24.3 Å². The van der Waals surface area contributed by atoms with Gasteiger partial charge in [0.1, 0.15) is 5.82 Å². The van der Waals surface area contributed by atoms with Crippen LogP contribution in [0.25, 0.3) is 0 Å². The van der Waals surface area contributed by atoms with Crippen molar-refractivity contribution in [2.24, 2.45) is 0 Å². The van der Waals surface area contributed by atoms with Gasteiger partial charge in [-0.15, -0.1) is 0 Å². The third-order valence-electron chi connectivity index (χ3n) is 2.45.